The zero-order chi connectivity index (χ0) is 21.0. The molecule has 0 aliphatic carbocycles. The summed E-state index contributed by atoms with van der Waals surface area (Å²) in [6, 6.07) is 9.66. The maximum absolute atomic E-state index is 13.7. The van der Waals surface area contributed by atoms with E-state index in [-0.39, 0.29) is 18.3 Å². The van der Waals surface area contributed by atoms with Gasteiger partial charge in [-0.15, -0.1) is 12.4 Å². The van der Waals surface area contributed by atoms with Gasteiger partial charge in [0.05, 0.1) is 11.8 Å². The number of hydrogen-bond acceptors (Lipinski definition) is 5. The summed E-state index contributed by atoms with van der Waals surface area (Å²) in [5, 5.41) is 0.592. The third kappa shape index (κ3) is 5.09. The van der Waals surface area contributed by atoms with Crippen LogP contribution in [0, 0.1) is 12.7 Å². The van der Waals surface area contributed by atoms with Crippen LogP contribution in [0.4, 0.5) is 9.52 Å². The predicted octanol–water partition coefficient (Wildman–Crippen LogP) is 5.16. The largest absolute Gasteiger partial charge is 0.494 e. The second-order valence-electron chi connectivity index (χ2n) is 6.75. The lowest BCUT2D eigenvalue weighted by Crippen LogP contribution is -2.38. The number of anilines is 1. The highest BCUT2D eigenvalue weighted by atomic mass is 35.5. The van der Waals surface area contributed by atoms with Gasteiger partial charge in [0.25, 0.3) is 5.91 Å². The van der Waals surface area contributed by atoms with Crippen LogP contribution in [0.15, 0.2) is 36.4 Å². The molecule has 1 heterocycles. The molecule has 0 bridgehead atoms. The van der Waals surface area contributed by atoms with Crippen molar-refractivity contribution in [2.24, 2.45) is 0 Å². The molecule has 0 spiro atoms. The van der Waals surface area contributed by atoms with Crippen LogP contribution in [0.3, 0.4) is 0 Å². The normalized spacial score (nSPS) is 10.9. The molecule has 3 rings (SSSR count). The number of nitrogens with zero attached hydrogens (tertiary/aromatic N) is 3. The smallest absolute Gasteiger partial charge is 0.260 e. The number of rotatable bonds is 8. The standard InChI is InChI=1S/C22H26FN3O2S.ClH/c1-5-25(6-2)12-13-26(21(27)16-8-7-9-17(23)14-16)22-24-19-18(28-4)11-10-15(3)20(19)29-22;/h7-11,14H,5-6,12-13H2,1-4H3;1H. The highest BCUT2D eigenvalue weighted by Gasteiger charge is 2.23. The summed E-state index contributed by atoms with van der Waals surface area (Å²) in [6.45, 7) is 9.16. The monoisotopic (exact) mass is 451 g/mol. The molecule has 0 aliphatic heterocycles. The van der Waals surface area contributed by atoms with Gasteiger partial charge in [-0.2, -0.15) is 0 Å². The highest BCUT2D eigenvalue weighted by Crippen LogP contribution is 2.36. The molecule has 5 nitrogen and oxygen atoms in total. The highest BCUT2D eigenvalue weighted by molar-refractivity contribution is 7.22. The number of benzene rings is 2. The Balaban J connectivity index is 0.00000320. The number of carbonyl (C=O) groups is 1. The Morgan fingerprint density at radius 2 is 1.90 bits per heavy atom. The van der Waals surface area contributed by atoms with E-state index in [1.165, 1.54) is 23.5 Å². The molecule has 162 valence electrons. The van der Waals surface area contributed by atoms with Gasteiger partial charge < -0.3 is 9.64 Å². The molecule has 0 N–H and O–H groups in total. The third-order valence-electron chi connectivity index (χ3n) is 4.99. The quantitative estimate of drug-likeness (QED) is 0.474. The van der Waals surface area contributed by atoms with E-state index in [1.54, 1.807) is 24.1 Å². The summed E-state index contributed by atoms with van der Waals surface area (Å²) >= 11 is 1.46. The molecule has 1 aromatic heterocycles. The average molecular weight is 452 g/mol. The van der Waals surface area contributed by atoms with Gasteiger partial charge in [0.2, 0.25) is 0 Å². The van der Waals surface area contributed by atoms with E-state index in [2.05, 4.69) is 18.7 Å². The lowest BCUT2D eigenvalue weighted by Gasteiger charge is -2.24. The Labute approximate surface area is 186 Å². The first-order valence-corrected chi connectivity index (χ1v) is 10.5. The number of likely N-dealkylation sites (N-methyl/N-ethyl adjacent to an activating group) is 1. The molecule has 30 heavy (non-hydrogen) atoms. The van der Waals surface area contributed by atoms with Crippen LogP contribution in [-0.2, 0) is 0 Å². The van der Waals surface area contributed by atoms with Gasteiger partial charge in [0.1, 0.15) is 17.1 Å². The van der Waals surface area contributed by atoms with Gasteiger partial charge >= 0.3 is 0 Å². The van der Waals surface area contributed by atoms with Crippen LogP contribution in [0.1, 0.15) is 29.8 Å². The molecule has 0 fully saturated rings. The van der Waals surface area contributed by atoms with Crippen molar-refractivity contribution in [3.05, 3.63) is 53.3 Å². The van der Waals surface area contributed by atoms with Crippen LogP contribution in [0.2, 0.25) is 0 Å². The molecule has 0 unspecified atom stereocenters. The van der Waals surface area contributed by atoms with E-state index in [0.29, 0.717) is 29.5 Å². The minimum atomic E-state index is -0.429. The van der Waals surface area contributed by atoms with Crippen LogP contribution >= 0.6 is 23.7 Å². The van der Waals surface area contributed by atoms with Gasteiger partial charge in [0.15, 0.2) is 5.13 Å². The Morgan fingerprint density at radius 3 is 2.53 bits per heavy atom. The van der Waals surface area contributed by atoms with Gasteiger partial charge in [-0.25, -0.2) is 9.37 Å². The summed E-state index contributed by atoms with van der Waals surface area (Å²) in [7, 11) is 1.61. The first-order valence-electron chi connectivity index (χ1n) is 9.72. The van der Waals surface area contributed by atoms with Crippen molar-refractivity contribution in [1.29, 1.82) is 0 Å². The van der Waals surface area contributed by atoms with Crippen molar-refractivity contribution in [2.75, 3.05) is 38.2 Å². The summed E-state index contributed by atoms with van der Waals surface area (Å²) < 4.78 is 20.2. The van der Waals surface area contributed by atoms with Gasteiger partial charge in [-0.05, 0) is 49.8 Å². The average Bonchev–Trinajstić information content (AvgIpc) is 3.17. The van der Waals surface area contributed by atoms with Crippen molar-refractivity contribution in [3.8, 4) is 5.75 Å². The number of amides is 1. The summed E-state index contributed by atoms with van der Waals surface area (Å²) in [5.74, 6) is -0.0105. The Hall–Kier alpha value is -2.22. The van der Waals surface area contributed by atoms with Crippen molar-refractivity contribution in [1.82, 2.24) is 9.88 Å². The van der Waals surface area contributed by atoms with E-state index in [4.69, 9.17) is 9.72 Å². The van der Waals surface area contributed by atoms with Crippen LogP contribution in [-0.4, -0.2) is 49.1 Å². The topological polar surface area (TPSA) is 45.7 Å². The maximum atomic E-state index is 13.7. The lowest BCUT2D eigenvalue weighted by atomic mass is 10.2. The number of aromatic nitrogens is 1. The summed E-state index contributed by atoms with van der Waals surface area (Å²) in [4.78, 5) is 21.9. The number of carbonyl (C=O) groups excluding carboxylic acids is 1. The number of aryl methyl sites for hydroxylation is 1. The lowest BCUT2D eigenvalue weighted by molar-refractivity contribution is 0.0983. The first kappa shape index (κ1) is 24.1. The molecule has 3 aromatic rings. The van der Waals surface area contributed by atoms with E-state index >= 15 is 0 Å². The SMILES string of the molecule is CCN(CC)CCN(C(=O)c1cccc(F)c1)c1nc2c(OC)ccc(C)c2s1.Cl. The number of fused-ring (bicyclic) bond motifs is 1. The van der Waals surface area contributed by atoms with Gasteiger partial charge in [0, 0.05) is 18.7 Å². The Morgan fingerprint density at radius 1 is 1.17 bits per heavy atom. The number of halogens is 2. The fourth-order valence-corrected chi connectivity index (χ4v) is 4.30. The minimum absolute atomic E-state index is 0. The zero-order valence-electron chi connectivity index (χ0n) is 17.6. The van der Waals surface area contributed by atoms with Crippen LogP contribution in [0.5, 0.6) is 5.75 Å². The van der Waals surface area contributed by atoms with E-state index < -0.39 is 5.82 Å². The van der Waals surface area contributed by atoms with E-state index in [1.807, 2.05) is 19.1 Å². The summed E-state index contributed by atoms with van der Waals surface area (Å²) in [6.07, 6.45) is 0. The first-order chi connectivity index (χ1) is 14.0. The second-order valence-corrected chi connectivity index (χ2v) is 7.73. The van der Waals surface area contributed by atoms with Crippen molar-refractivity contribution >= 4 is 45.0 Å². The molecule has 2 aromatic carbocycles. The molecule has 8 heteroatoms. The van der Waals surface area contributed by atoms with Gasteiger partial charge in [-0.3, -0.25) is 9.69 Å². The third-order valence-corrected chi connectivity index (χ3v) is 6.21. The molecule has 0 atom stereocenters. The Kier molecular flexibility index (Phi) is 8.58. The Bertz CT molecular complexity index is 1010. The summed E-state index contributed by atoms with van der Waals surface area (Å²) in [5.41, 5.74) is 2.13. The molecule has 0 radical (unpaired) electrons. The number of ether oxygens (including phenoxy) is 1. The van der Waals surface area contributed by atoms with E-state index in [0.717, 1.165) is 28.9 Å². The number of thiazole rings is 1. The van der Waals surface area contributed by atoms with Gasteiger partial charge in [-0.1, -0.05) is 37.3 Å². The van der Waals surface area contributed by atoms with Crippen LogP contribution in [0.25, 0.3) is 10.2 Å². The molecule has 1 amide bonds. The fourth-order valence-electron chi connectivity index (χ4n) is 3.22. The van der Waals surface area contributed by atoms with Crippen molar-refractivity contribution < 1.29 is 13.9 Å². The molecular formula is C22H27ClFN3O2S. The fraction of sp³-hybridized carbons (Fsp3) is 0.364. The predicted molar refractivity (Wildman–Crippen MR) is 124 cm³/mol. The van der Waals surface area contributed by atoms with E-state index in [9.17, 15) is 9.18 Å². The zero-order valence-corrected chi connectivity index (χ0v) is 19.3. The molecule has 0 saturated heterocycles. The molecule has 0 saturated carbocycles. The van der Waals surface area contributed by atoms with Crippen molar-refractivity contribution in [2.45, 2.75) is 20.8 Å². The molecular weight excluding hydrogens is 425 g/mol. The number of hydrogen-bond donors (Lipinski definition) is 0. The van der Waals surface area contributed by atoms with Crippen LogP contribution < -0.4 is 9.64 Å². The second kappa shape index (κ2) is 10.7. The minimum Gasteiger partial charge on any atom is -0.494 e. The number of methoxy groups -OCH3 is 1. The van der Waals surface area contributed by atoms with Crippen molar-refractivity contribution in [3.63, 3.8) is 0 Å². The maximum Gasteiger partial charge on any atom is 0.260 e. The molecule has 0 aliphatic rings.